The Morgan fingerprint density at radius 2 is 1.80 bits per heavy atom. The van der Waals surface area contributed by atoms with Crippen LogP contribution in [0.15, 0.2) is 6.07 Å². The minimum absolute atomic E-state index is 0.101. The van der Waals surface area contributed by atoms with Gasteiger partial charge in [-0.1, -0.05) is 26.7 Å². The molecule has 0 aliphatic carbocycles. The molecular weight excluding hydrogens is 260 g/mol. The summed E-state index contributed by atoms with van der Waals surface area (Å²) < 4.78 is 27.4. The van der Waals surface area contributed by atoms with Crippen molar-refractivity contribution in [3.8, 4) is 0 Å². The Labute approximate surface area is 119 Å². The van der Waals surface area contributed by atoms with Gasteiger partial charge in [0, 0.05) is 26.2 Å². The molecule has 0 atom stereocenters. The summed E-state index contributed by atoms with van der Waals surface area (Å²) in [7, 11) is 1.59. The maximum atomic E-state index is 13.9. The normalized spacial score (nSPS) is 18.1. The molecule has 0 bridgehead atoms. The summed E-state index contributed by atoms with van der Waals surface area (Å²) in [6.45, 7) is 5.99. The second-order valence-corrected chi connectivity index (χ2v) is 5.57. The van der Waals surface area contributed by atoms with Crippen molar-refractivity contribution in [2.75, 3.05) is 30.4 Å². The van der Waals surface area contributed by atoms with Crippen molar-refractivity contribution in [1.29, 1.82) is 0 Å². The molecule has 5 heteroatoms. The van der Waals surface area contributed by atoms with Gasteiger partial charge in [0.2, 0.25) is 0 Å². The molecule has 1 aliphatic rings. The number of nitrogens with zero attached hydrogens (tertiary/aromatic N) is 2. The maximum absolute atomic E-state index is 13.9. The number of hydrogen-bond donors (Lipinski definition) is 1. The molecule has 0 aromatic carbocycles. The van der Waals surface area contributed by atoms with Crippen LogP contribution in [0.5, 0.6) is 0 Å². The van der Waals surface area contributed by atoms with Crippen LogP contribution < -0.4 is 10.2 Å². The number of nitrogens with one attached hydrogen (secondary N) is 1. The van der Waals surface area contributed by atoms with Crippen molar-refractivity contribution in [3.63, 3.8) is 0 Å². The highest BCUT2D eigenvalue weighted by Crippen LogP contribution is 2.39. The molecule has 112 valence electrons. The zero-order valence-corrected chi connectivity index (χ0v) is 12.5. The van der Waals surface area contributed by atoms with E-state index in [9.17, 15) is 8.78 Å². The maximum Gasteiger partial charge on any atom is 0.168 e. The molecule has 1 aromatic rings. The Kier molecular flexibility index (Phi) is 4.45. The van der Waals surface area contributed by atoms with Crippen LogP contribution in [0, 0.1) is 17.0 Å². The smallest absolute Gasteiger partial charge is 0.168 e. The first-order valence-corrected chi connectivity index (χ1v) is 7.34. The lowest BCUT2D eigenvalue weighted by atomic mass is 9.74. The molecule has 1 aromatic heterocycles. The van der Waals surface area contributed by atoms with Crippen LogP contribution in [0.4, 0.5) is 20.4 Å². The third-order valence-corrected chi connectivity index (χ3v) is 4.77. The quantitative estimate of drug-likeness (QED) is 0.910. The largest absolute Gasteiger partial charge is 0.371 e. The molecule has 1 fully saturated rings. The first-order chi connectivity index (χ1) is 9.55. The lowest BCUT2D eigenvalue weighted by Crippen LogP contribution is -2.40. The van der Waals surface area contributed by atoms with E-state index < -0.39 is 11.6 Å². The standard InChI is InChI=1S/C15H23F2N3/c1-4-15(5-2)6-8-20(9-7-15)14-12(17)10-11(16)13(18-3)19-14/h10H,4-9H2,1-3H3,(H,18,19). The second-order valence-electron chi connectivity index (χ2n) is 5.57. The van der Waals surface area contributed by atoms with Crippen LogP contribution in [0.1, 0.15) is 39.5 Å². The van der Waals surface area contributed by atoms with Crippen LogP contribution in [0.25, 0.3) is 0 Å². The third-order valence-electron chi connectivity index (χ3n) is 4.77. The molecule has 2 rings (SSSR count). The number of pyridine rings is 1. The van der Waals surface area contributed by atoms with Crippen LogP contribution in [0.3, 0.4) is 0 Å². The van der Waals surface area contributed by atoms with Gasteiger partial charge in [0.1, 0.15) is 0 Å². The van der Waals surface area contributed by atoms with Crippen molar-refractivity contribution in [1.82, 2.24) is 4.98 Å². The van der Waals surface area contributed by atoms with Crippen molar-refractivity contribution >= 4 is 11.6 Å². The van der Waals surface area contributed by atoms with E-state index in [-0.39, 0.29) is 11.6 Å². The number of halogens is 2. The Bertz CT molecular complexity index is 462. The average Bonchev–Trinajstić information content (AvgIpc) is 2.48. The predicted octanol–water partition coefficient (Wildman–Crippen LogP) is 3.81. The fourth-order valence-electron chi connectivity index (χ4n) is 3.00. The van der Waals surface area contributed by atoms with E-state index in [2.05, 4.69) is 24.1 Å². The second kappa shape index (κ2) is 5.94. The Hall–Kier alpha value is -1.39. The zero-order chi connectivity index (χ0) is 14.8. The van der Waals surface area contributed by atoms with Gasteiger partial charge in [-0.15, -0.1) is 0 Å². The van der Waals surface area contributed by atoms with Crippen LogP contribution in [-0.4, -0.2) is 25.1 Å². The van der Waals surface area contributed by atoms with Crippen LogP contribution in [0.2, 0.25) is 0 Å². The van der Waals surface area contributed by atoms with Crippen molar-refractivity contribution in [3.05, 3.63) is 17.7 Å². The highest BCUT2D eigenvalue weighted by molar-refractivity contribution is 5.49. The van der Waals surface area contributed by atoms with E-state index in [1.807, 2.05) is 4.90 Å². The summed E-state index contributed by atoms with van der Waals surface area (Å²) in [5.74, 6) is -0.870. The van der Waals surface area contributed by atoms with E-state index in [0.717, 1.165) is 44.8 Å². The van der Waals surface area contributed by atoms with Gasteiger partial charge < -0.3 is 10.2 Å². The fourth-order valence-corrected chi connectivity index (χ4v) is 3.00. The van der Waals surface area contributed by atoms with Crippen molar-refractivity contribution in [2.24, 2.45) is 5.41 Å². The van der Waals surface area contributed by atoms with Gasteiger partial charge >= 0.3 is 0 Å². The molecule has 2 heterocycles. The van der Waals surface area contributed by atoms with Gasteiger partial charge in [-0.3, -0.25) is 0 Å². The minimum Gasteiger partial charge on any atom is -0.371 e. The number of aromatic nitrogens is 1. The summed E-state index contributed by atoms with van der Waals surface area (Å²) in [4.78, 5) is 6.01. The van der Waals surface area contributed by atoms with Gasteiger partial charge in [-0.05, 0) is 18.3 Å². The van der Waals surface area contributed by atoms with E-state index in [0.29, 0.717) is 5.41 Å². The number of anilines is 2. The van der Waals surface area contributed by atoms with Gasteiger partial charge in [0.15, 0.2) is 23.3 Å². The lowest BCUT2D eigenvalue weighted by Gasteiger charge is -2.41. The van der Waals surface area contributed by atoms with E-state index in [1.54, 1.807) is 7.05 Å². The van der Waals surface area contributed by atoms with Crippen LogP contribution in [-0.2, 0) is 0 Å². The number of rotatable bonds is 4. The zero-order valence-electron chi connectivity index (χ0n) is 12.5. The molecule has 0 amide bonds. The van der Waals surface area contributed by atoms with Gasteiger partial charge in [-0.25, -0.2) is 13.8 Å². The highest BCUT2D eigenvalue weighted by atomic mass is 19.1. The Balaban J connectivity index is 2.18. The van der Waals surface area contributed by atoms with Gasteiger partial charge in [0.25, 0.3) is 0 Å². The number of hydrogen-bond acceptors (Lipinski definition) is 3. The molecule has 0 unspecified atom stereocenters. The molecule has 20 heavy (non-hydrogen) atoms. The first kappa shape index (κ1) is 15.0. The minimum atomic E-state index is -0.651. The monoisotopic (exact) mass is 283 g/mol. The summed E-state index contributed by atoms with van der Waals surface area (Å²) in [5, 5.41) is 2.66. The predicted molar refractivity (Wildman–Crippen MR) is 78.2 cm³/mol. The average molecular weight is 283 g/mol. The van der Waals surface area contributed by atoms with Gasteiger partial charge in [0.05, 0.1) is 0 Å². The topological polar surface area (TPSA) is 28.2 Å². The Morgan fingerprint density at radius 1 is 1.20 bits per heavy atom. The van der Waals surface area contributed by atoms with Crippen LogP contribution >= 0.6 is 0 Å². The molecular formula is C15H23F2N3. The highest BCUT2D eigenvalue weighted by Gasteiger charge is 2.32. The molecule has 1 aliphatic heterocycles. The van der Waals surface area contributed by atoms with Gasteiger partial charge in [-0.2, -0.15) is 0 Å². The van der Waals surface area contributed by atoms with E-state index in [1.165, 1.54) is 0 Å². The molecule has 1 saturated heterocycles. The summed E-state index contributed by atoms with van der Waals surface area (Å²) in [6, 6.07) is 0.912. The van der Waals surface area contributed by atoms with Crippen molar-refractivity contribution < 1.29 is 8.78 Å². The van der Waals surface area contributed by atoms with E-state index >= 15 is 0 Å². The summed E-state index contributed by atoms with van der Waals surface area (Å²) >= 11 is 0. The van der Waals surface area contributed by atoms with E-state index in [4.69, 9.17) is 0 Å². The molecule has 0 spiro atoms. The molecule has 1 N–H and O–H groups in total. The summed E-state index contributed by atoms with van der Waals surface area (Å²) in [5.41, 5.74) is 0.374. The summed E-state index contributed by atoms with van der Waals surface area (Å²) in [6.07, 6.45) is 4.37. The first-order valence-electron chi connectivity index (χ1n) is 7.34. The molecule has 0 radical (unpaired) electrons. The SMILES string of the molecule is CCC1(CC)CCN(c2nc(NC)c(F)cc2F)CC1. The third kappa shape index (κ3) is 2.72. The number of piperidine rings is 1. The molecule has 3 nitrogen and oxygen atoms in total. The molecule has 0 saturated carbocycles. The Morgan fingerprint density at radius 3 is 2.30 bits per heavy atom. The lowest BCUT2D eigenvalue weighted by molar-refractivity contribution is 0.198. The fraction of sp³-hybridized carbons (Fsp3) is 0.667. The van der Waals surface area contributed by atoms with Crippen molar-refractivity contribution in [2.45, 2.75) is 39.5 Å².